The highest BCUT2D eigenvalue weighted by Gasteiger charge is 2.12. The predicted molar refractivity (Wildman–Crippen MR) is 69.7 cm³/mol. The highest BCUT2D eigenvalue weighted by molar-refractivity contribution is 6.00. The lowest BCUT2D eigenvalue weighted by Crippen LogP contribution is -2.30. The van der Waals surface area contributed by atoms with Crippen molar-refractivity contribution in [2.45, 2.75) is 13.0 Å². The van der Waals surface area contributed by atoms with Crippen LogP contribution in [0.15, 0.2) is 24.3 Å². The lowest BCUT2D eigenvalue weighted by molar-refractivity contribution is 0.0955. The molecule has 0 bridgehead atoms. The van der Waals surface area contributed by atoms with E-state index in [1.54, 1.807) is 7.05 Å². The fourth-order valence-electron chi connectivity index (χ4n) is 1.54. The average molecular weight is 236 g/mol. The van der Waals surface area contributed by atoms with Gasteiger partial charge in [0.15, 0.2) is 5.78 Å². The van der Waals surface area contributed by atoms with E-state index >= 15 is 0 Å². The van der Waals surface area contributed by atoms with Crippen molar-refractivity contribution in [1.29, 1.82) is 0 Å². The topological polar surface area (TPSA) is 52.6 Å². The number of carbonyl (C=O) groups is 1. The lowest BCUT2D eigenvalue weighted by atomic mass is 10.1. The van der Waals surface area contributed by atoms with Crippen molar-refractivity contribution < 1.29 is 9.90 Å². The third kappa shape index (κ3) is 3.54. The normalized spacial score (nSPS) is 12.2. The summed E-state index contributed by atoms with van der Waals surface area (Å²) in [5.74, 6) is 0.0869. The molecule has 0 radical (unpaired) electrons. The summed E-state index contributed by atoms with van der Waals surface area (Å²) in [7, 11) is 3.68. The van der Waals surface area contributed by atoms with E-state index in [-0.39, 0.29) is 18.4 Å². The standard InChI is InChI=1S/C13H20N2O2/c1-10(14-2)13(17)11-4-6-12(7-5-11)15(3)8-9-16/h4-7,10,14,16H,8-9H2,1-3H3. The van der Waals surface area contributed by atoms with Crippen molar-refractivity contribution in [3.8, 4) is 0 Å². The molecule has 0 aliphatic rings. The van der Waals surface area contributed by atoms with Crippen LogP contribution in [0.5, 0.6) is 0 Å². The maximum absolute atomic E-state index is 11.9. The van der Waals surface area contributed by atoms with Crippen molar-refractivity contribution in [1.82, 2.24) is 5.32 Å². The summed E-state index contributed by atoms with van der Waals surface area (Å²) >= 11 is 0. The summed E-state index contributed by atoms with van der Waals surface area (Å²) in [5, 5.41) is 11.8. The molecule has 4 nitrogen and oxygen atoms in total. The van der Waals surface area contributed by atoms with Gasteiger partial charge in [-0.2, -0.15) is 0 Å². The molecule has 94 valence electrons. The summed E-state index contributed by atoms with van der Waals surface area (Å²) in [5.41, 5.74) is 1.70. The molecule has 0 saturated heterocycles. The van der Waals surface area contributed by atoms with Crippen molar-refractivity contribution in [2.75, 3.05) is 32.1 Å². The van der Waals surface area contributed by atoms with Gasteiger partial charge in [0.2, 0.25) is 0 Å². The SMILES string of the molecule is CNC(C)C(=O)c1ccc(N(C)CCO)cc1. The van der Waals surface area contributed by atoms with Crippen LogP contribution in [0.1, 0.15) is 17.3 Å². The van der Waals surface area contributed by atoms with Crippen LogP contribution in [0.25, 0.3) is 0 Å². The largest absolute Gasteiger partial charge is 0.395 e. The Morgan fingerprint density at radius 3 is 2.47 bits per heavy atom. The van der Waals surface area contributed by atoms with E-state index in [2.05, 4.69) is 5.32 Å². The number of likely N-dealkylation sites (N-methyl/N-ethyl adjacent to an activating group) is 2. The first-order valence-corrected chi connectivity index (χ1v) is 5.73. The van der Waals surface area contributed by atoms with E-state index in [1.807, 2.05) is 43.1 Å². The molecule has 0 heterocycles. The second kappa shape index (κ2) is 6.37. The predicted octanol–water partition coefficient (Wildman–Crippen LogP) is 0.906. The van der Waals surface area contributed by atoms with Gasteiger partial charge in [-0.25, -0.2) is 0 Å². The number of rotatable bonds is 6. The Kier molecular flexibility index (Phi) is 5.12. The molecule has 1 unspecified atom stereocenters. The van der Waals surface area contributed by atoms with Crippen LogP contribution in [0.4, 0.5) is 5.69 Å². The Morgan fingerprint density at radius 1 is 1.41 bits per heavy atom. The van der Waals surface area contributed by atoms with Gasteiger partial charge < -0.3 is 15.3 Å². The van der Waals surface area contributed by atoms with Crippen LogP contribution in [0.3, 0.4) is 0 Å². The van der Waals surface area contributed by atoms with Crippen LogP contribution >= 0.6 is 0 Å². The first-order chi connectivity index (χ1) is 8.10. The molecule has 17 heavy (non-hydrogen) atoms. The van der Waals surface area contributed by atoms with Crippen molar-refractivity contribution in [3.63, 3.8) is 0 Å². The molecule has 0 amide bonds. The van der Waals surface area contributed by atoms with Crippen LogP contribution in [-0.2, 0) is 0 Å². The number of hydrogen-bond acceptors (Lipinski definition) is 4. The summed E-state index contributed by atoms with van der Waals surface area (Å²) in [4.78, 5) is 13.8. The lowest BCUT2D eigenvalue weighted by Gasteiger charge is -2.18. The molecule has 1 atom stereocenters. The van der Waals surface area contributed by atoms with Gasteiger partial charge >= 0.3 is 0 Å². The van der Waals surface area contributed by atoms with Crippen molar-refractivity contribution in [2.24, 2.45) is 0 Å². The number of aliphatic hydroxyl groups is 1. The van der Waals surface area contributed by atoms with E-state index in [9.17, 15) is 4.79 Å². The first kappa shape index (κ1) is 13.7. The first-order valence-electron chi connectivity index (χ1n) is 5.73. The zero-order chi connectivity index (χ0) is 12.8. The Morgan fingerprint density at radius 2 is 2.00 bits per heavy atom. The molecule has 1 aromatic rings. The number of Topliss-reactive ketones (excluding diaryl/α,β-unsaturated/α-hetero) is 1. The highest BCUT2D eigenvalue weighted by atomic mass is 16.3. The van der Waals surface area contributed by atoms with E-state index in [4.69, 9.17) is 5.11 Å². The molecule has 2 N–H and O–H groups in total. The second-order valence-corrected chi connectivity index (χ2v) is 4.07. The zero-order valence-electron chi connectivity index (χ0n) is 10.6. The minimum atomic E-state index is -0.170. The molecule has 1 rings (SSSR count). The Labute approximate surface area is 102 Å². The molecule has 0 aromatic heterocycles. The van der Waals surface area contributed by atoms with E-state index in [1.165, 1.54) is 0 Å². The smallest absolute Gasteiger partial charge is 0.179 e. The number of aliphatic hydroxyl groups excluding tert-OH is 1. The third-order valence-corrected chi connectivity index (χ3v) is 2.85. The van der Waals surface area contributed by atoms with Crippen LogP contribution < -0.4 is 10.2 Å². The maximum Gasteiger partial charge on any atom is 0.179 e. The number of nitrogens with one attached hydrogen (secondary N) is 1. The van der Waals surface area contributed by atoms with Gasteiger partial charge in [0.05, 0.1) is 12.6 Å². The summed E-state index contributed by atoms with van der Waals surface area (Å²) in [6.07, 6.45) is 0. The van der Waals surface area contributed by atoms with Gasteiger partial charge in [-0.1, -0.05) is 0 Å². The maximum atomic E-state index is 11.9. The van der Waals surface area contributed by atoms with Gasteiger partial charge in [-0.3, -0.25) is 4.79 Å². The average Bonchev–Trinajstić information content (AvgIpc) is 2.37. The fourth-order valence-corrected chi connectivity index (χ4v) is 1.54. The molecule has 4 heteroatoms. The number of benzene rings is 1. The van der Waals surface area contributed by atoms with Crippen molar-refractivity contribution >= 4 is 11.5 Å². The van der Waals surface area contributed by atoms with Crippen LogP contribution in [-0.4, -0.2) is 44.2 Å². The number of carbonyl (C=O) groups excluding carboxylic acids is 1. The molecule has 0 fully saturated rings. The number of ketones is 1. The summed E-state index contributed by atoms with van der Waals surface area (Å²) in [6.45, 7) is 2.54. The van der Waals surface area contributed by atoms with Gasteiger partial charge in [0.25, 0.3) is 0 Å². The number of nitrogens with zero attached hydrogens (tertiary/aromatic N) is 1. The summed E-state index contributed by atoms with van der Waals surface area (Å²) < 4.78 is 0. The Bertz CT molecular complexity index is 362. The van der Waals surface area contributed by atoms with E-state index in [0.717, 1.165) is 5.69 Å². The molecule has 0 aliphatic heterocycles. The van der Waals surface area contributed by atoms with Crippen LogP contribution in [0, 0.1) is 0 Å². The fraction of sp³-hybridized carbons (Fsp3) is 0.462. The summed E-state index contributed by atoms with van der Waals surface area (Å²) in [6, 6.07) is 7.26. The zero-order valence-corrected chi connectivity index (χ0v) is 10.6. The number of hydrogen-bond donors (Lipinski definition) is 2. The van der Waals surface area contributed by atoms with Gasteiger partial charge in [-0.15, -0.1) is 0 Å². The molecule has 1 aromatic carbocycles. The molecule has 0 spiro atoms. The molecular formula is C13H20N2O2. The Balaban J connectivity index is 2.77. The van der Waals surface area contributed by atoms with Gasteiger partial charge in [-0.05, 0) is 38.2 Å². The van der Waals surface area contributed by atoms with Crippen LogP contribution in [0.2, 0.25) is 0 Å². The quantitative estimate of drug-likeness (QED) is 0.721. The van der Waals surface area contributed by atoms with E-state index < -0.39 is 0 Å². The molecule has 0 aliphatic carbocycles. The minimum absolute atomic E-state index is 0.0869. The Hall–Kier alpha value is -1.39. The van der Waals surface area contributed by atoms with Crippen molar-refractivity contribution in [3.05, 3.63) is 29.8 Å². The second-order valence-electron chi connectivity index (χ2n) is 4.07. The van der Waals surface area contributed by atoms with Gasteiger partial charge in [0, 0.05) is 24.8 Å². The van der Waals surface area contributed by atoms with Gasteiger partial charge in [0.1, 0.15) is 0 Å². The molecule has 0 saturated carbocycles. The van der Waals surface area contributed by atoms with E-state index in [0.29, 0.717) is 12.1 Å². The monoisotopic (exact) mass is 236 g/mol. The molecular weight excluding hydrogens is 216 g/mol. The highest BCUT2D eigenvalue weighted by Crippen LogP contribution is 2.14. The minimum Gasteiger partial charge on any atom is -0.395 e. The third-order valence-electron chi connectivity index (χ3n) is 2.85. The number of anilines is 1.